The van der Waals surface area contributed by atoms with Crippen LogP contribution in [-0.4, -0.2) is 32.9 Å². The fourth-order valence-corrected chi connectivity index (χ4v) is 1.90. The van der Waals surface area contributed by atoms with E-state index in [1.54, 1.807) is 12.1 Å². The van der Waals surface area contributed by atoms with Gasteiger partial charge < -0.3 is 4.74 Å². The molecule has 3 rings (SSSR count). The smallest absolute Gasteiger partial charge is 0.237 e. The van der Waals surface area contributed by atoms with Crippen molar-refractivity contribution in [2.75, 3.05) is 7.11 Å². The molecule has 0 radical (unpaired) electrons. The van der Waals surface area contributed by atoms with Gasteiger partial charge in [0.05, 0.1) is 19.0 Å². The monoisotopic (exact) mass is 280 g/mol. The highest BCUT2D eigenvalue weighted by molar-refractivity contribution is 6.07. The number of rotatable bonds is 4. The lowest BCUT2D eigenvalue weighted by molar-refractivity contribution is 0.102. The van der Waals surface area contributed by atoms with Crippen LogP contribution in [0, 0.1) is 0 Å². The Morgan fingerprint density at radius 2 is 1.95 bits per heavy atom. The molecule has 6 nitrogen and oxygen atoms in total. The average molecular weight is 280 g/mol. The van der Waals surface area contributed by atoms with E-state index in [1.807, 2.05) is 30.3 Å². The van der Waals surface area contributed by atoms with Crippen LogP contribution in [-0.2, 0) is 0 Å². The molecule has 0 aliphatic carbocycles. The average Bonchev–Trinajstić information content (AvgIpc) is 3.05. The van der Waals surface area contributed by atoms with Gasteiger partial charge in [-0.1, -0.05) is 18.2 Å². The lowest BCUT2D eigenvalue weighted by Gasteiger charge is -2.03. The van der Waals surface area contributed by atoms with Gasteiger partial charge in [0.15, 0.2) is 11.4 Å². The molecular formula is C15H12N4O2. The van der Waals surface area contributed by atoms with Crippen molar-refractivity contribution < 1.29 is 9.53 Å². The summed E-state index contributed by atoms with van der Waals surface area (Å²) in [5.74, 6) is 0.0893. The summed E-state index contributed by atoms with van der Waals surface area (Å²) >= 11 is 0. The van der Waals surface area contributed by atoms with Gasteiger partial charge in [-0.05, 0) is 24.3 Å². The van der Waals surface area contributed by atoms with Crippen LogP contribution in [0.2, 0.25) is 0 Å². The van der Waals surface area contributed by atoms with Crippen LogP contribution in [0.5, 0.6) is 5.75 Å². The number of hydrogen-bond acceptors (Lipinski definition) is 5. The highest BCUT2D eigenvalue weighted by Crippen LogP contribution is 2.17. The zero-order valence-corrected chi connectivity index (χ0v) is 11.3. The SMILES string of the molecule is COc1cccnc1C(=O)c1cnn(-c2ccccc2)n1. The van der Waals surface area contributed by atoms with E-state index in [1.165, 1.54) is 24.3 Å². The summed E-state index contributed by atoms with van der Waals surface area (Å²) in [5, 5.41) is 8.30. The topological polar surface area (TPSA) is 69.9 Å². The first kappa shape index (κ1) is 13.0. The quantitative estimate of drug-likeness (QED) is 0.683. The molecule has 0 spiro atoms. The molecule has 0 saturated carbocycles. The third-order valence-electron chi connectivity index (χ3n) is 2.92. The van der Waals surface area contributed by atoms with Crippen molar-refractivity contribution in [2.45, 2.75) is 0 Å². The number of nitrogens with zero attached hydrogens (tertiary/aromatic N) is 4. The van der Waals surface area contributed by atoms with Gasteiger partial charge in [0.2, 0.25) is 5.78 Å². The van der Waals surface area contributed by atoms with Crippen molar-refractivity contribution in [1.29, 1.82) is 0 Å². The molecule has 104 valence electrons. The van der Waals surface area contributed by atoms with E-state index in [0.29, 0.717) is 5.75 Å². The second-order valence-corrected chi connectivity index (χ2v) is 4.24. The summed E-state index contributed by atoms with van der Waals surface area (Å²) in [7, 11) is 1.49. The Morgan fingerprint density at radius 3 is 2.71 bits per heavy atom. The van der Waals surface area contributed by atoms with Crippen LogP contribution < -0.4 is 4.74 Å². The number of ether oxygens (including phenoxy) is 1. The van der Waals surface area contributed by atoms with Crippen molar-refractivity contribution >= 4 is 5.78 Å². The third-order valence-corrected chi connectivity index (χ3v) is 2.92. The maximum absolute atomic E-state index is 12.4. The number of benzene rings is 1. The number of pyridine rings is 1. The van der Waals surface area contributed by atoms with E-state index in [9.17, 15) is 4.79 Å². The van der Waals surface area contributed by atoms with E-state index in [0.717, 1.165) is 5.69 Å². The largest absolute Gasteiger partial charge is 0.494 e. The molecule has 0 N–H and O–H groups in total. The number of para-hydroxylation sites is 1. The maximum atomic E-state index is 12.4. The van der Waals surface area contributed by atoms with Crippen LogP contribution in [0.3, 0.4) is 0 Å². The molecule has 0 aliphatic rings. The van der Waals surface area contributed by atoms with E-state index in [4.69, 9.17) is 4.74 Å². The first-order chi connectivity index (χ1) is 10.3. The Balaban J connectivity index is 1.95. The normalized spacial score (nSPS) is 10.3. The number of ketones is 1. The lowest BCUT2D eigenvalue weighted by atomic mass is 10.2. The van der Waals surface area contributed by atoms with Gasteiger partial charge in [0.1, 0.15) is 5.75 Å². The first-order valence-electron chi connectivity index (χ1n) is 6.31. The standard InChI is InChI=1S/C15H12N4O2/c1-21-13-8-5-9-16-14(13)15(20)12-10-17-19(18-12)11-6-3-2-4-7-11/h2-10H,1H3. The summed E-state index contributed by atoms with van der Waals surface area (Å²) in [6.07, 6.45) is 2.96. The van der Waals surface area contributed by atoms with Crippen molar-refractivity contribution in [3.05, 3.63) is 66.2 Å². The second kappa shape index (κ2) is 5.54. The number of carbonyl (C=O) groups excluding carboxylic acids is 1. The van der Waals surface area contributed by atoms with Gasteiger partial charge in [-0.3, -0.25) is 4.79 Å². The van der Waals surface area contributed by atoms with Crippen LogP contribution >= 0.6 is 0 Å². The minimum absolute atomic E-state index is 0.218. The molecule has 1 aromatic carbocycles. The Bertz CT molecular complexity index is 768. The fraction of sp³-hybridized carbons (Fsp3) is 0.0667. The molecule has 3 aromatic rings. The second-order valence-electron chi connectivity index (χ2n) is 4.24. The van der Waals surface area contributed by atoms with Crippen molar-refractivity contribution in [1.82, 2.24) is 20.0 Å². The Labute approximate surface area is 121 Å². The lowest BCUT2D eigenvalue weighted by Crippen LogP contribution is -2.08. The number of carbonyl (C=O) groups is 1. The molecule has 0 unspecified atom stereocenters. The van der Waals surface area contributed by atoms with Gasteiger partial charge in [-0.2, -0.15) is 9.90 Å². The predicted molar refractivity (Wildman–Crippen MR) is 75.6 cm³/mol. The summed E-state index contributed by atoms with van der Waals surface area (Å²) in [4.78, 5) is 17.9. The summed E-state index contributed by atoms with van der Waals surface area (Å²) in [6.45, 7) is 0. The van der Waals surface area contributed by atoms with Gasteiger partial charge in [-0.25, -0.2) is 4.98 Å². The maximum Gasteiger partial charge on any atom is 0.237 e. The molecule has 0 atom stereocenters. The van der Waals surface area contributed by atoms with E-state index >= 15 is 0 Å². The Hall–Kier alpha value is -3.02. The molecule has 0 amide bonds. The molecular weight excluding hydrogens is 268 g/mol. The molecule has 0 bridgehead atoms. The minimum atomic E-state index is -0.324. The molecule has 6 heteroatoms. The van der Waals surface area contributed by atoms with Crippen LogP contribution in [0.1, 0.15) is 16.2 Å². The minimum Gasteiger partial charge on any atom is -0.494 e. The number of hydrogen-bond donors (Lipinski definition) is 0. The van der Waals surface area contributed by atoms with Gasteiger partial charge in [0, 0.05) is 6.20 Å². The highest BCUT2D eigenvalue weighted by atomic mass is 16.5. The van der Waals surface area contributed by atoms with Crippen LogP contribution in [0.4, 0.5) is 0 Å². The summed E-state index contributed by atoms with van der Waals surface area (Å²) in [5.41, 5.74) is 1.22. The Kier molecular flexibility index (Phi) is 3.42. The number of aromatic nitrogens is 4. The van der Waals surface area contributed by atoms with Crippen LogP contribution in [0.15, 0.2) is 54.9 Å². The summed E-state index contributed by atoms with van der Waals surface area (Å²) < 4.78 is 5.14. The zero-order chi connectivity index (χ0) is 14.7. The number of methoxy groups -OCH3 is 1. The Morgan fingerprint density at radius 1 is 1.14 bits per heavy atom. The first-order valence-corrected chi connectivity index (χ1v) is 6.31. The molecule has 0 saturated heterocycles. The fourth-order valence-electron chi connectivity index (χ4n) is 1.90. The molecule has 2 heterocycles. The van der Waals surface area contributed by atoms with E-state index in [-0.39, 0.29) is 17.2 Å². The highest BCUT2D eigenvalue weighted by Gasteiger charge is 2.19. The van der Waals surface area contributed by atoms with Crippen molar-refractivity contribution in [2.24, 2.45) is 0 Å². The predicted octanol–water partition coefficient (Wildman–Crippen LogP) is 1.90. The molecule has 0 aliphatic heterocycles. The third kappa shape index (κ3) is 2.51. The van der Waals surface area contributed by atoms with Gasteiger partial charge >= 0.3 is 0 Å². The van der Waals surface area contributed by atoms with Crippen LogP contribution in [0.25, 0.3) is 5.69 Å². The van der Waals surface area contributed by atoms with Gasteiger partial charge in [0.25, 0.3) is 0 Å². The molecule has 0 fully saturated rings. The summed E-state index contributed by atoms with van der Waals surface area (Å²) in [6, 6.07) is 12.8. The molecule has 21 heavy (non-hydrogen) atoms. The zero-order valence-electron chi connectivity index (χ0n) is 11.3. The van der Waals surface area contributed by atoms with E-state index in [2.05, 4.69) is 15.2 Å². The van der Waals surface area contributed by atoms with Crippen molar-refractivity contribution in [3.63, 3.8) is 0 Å². The van der Waals surface area contributed by atoms with Crippen molar-refractivity contribution in [3.8, 4) is 11.4 Å². The van der Waals surface area contributed by atoms with E-state index < -0.39 is 0 Å². The van der Waals surface area contributed by atoms with Gasteiger partial charge in [-0.15, -0.1) is 5.10 Å². The molecule has 2 aromatic heterocycles.